The zero-order chi connectivity index (χ0) is 38.6. The average Bonchev–Trinajstić information content (AvgIpc) is 3.60. The van der Waals surface area contributed by atoms with Crippen molar-refractivity contribution >= 4 is 55.0 Å². The summed E-state index contributed by atoms with van der Waals surface area (Å²) in [5.41, 5.74) is 11.9. The highest BCUT2D eigenvalue weighted by Crippen LogP contribution is 2.46. The average molecular weight is 737 g/mol. The maximum Gasteiger partial charge on any atom is 0.126 e. The Morgan fingerprint density at radius 1 is 0.618 bits per heavy atom. The fourth-order valence-electron chi connectivity index (χ4n) is 7.44. The molecule has 8 aromatic rings. The Morgan fingerprint density at radius 3 is 1.95 bits per heavy atom. The van der Waals surface area contributed by atoms with Crippen molar-refractivity contribution in [2.75, 3.05) is 0 Å². The van der Waals surface area contributed by atoms with Crippen molar-refractivity contribution in [2.45, 2.75) is 72.1 Å². The number of hydrogen-bond acceptors (Lipinski definition) is 4. The van der Waals surface area contributed by atoms with Crippen LogP contribution in [0.25, 0.3) is 64.6 Å². The lowest BCUT2D eigenvalue weighted by atomic mass is 9.84. The smallest absolute Gasteiger partial charge is 0.126 e. The van der Waals surface area contributed by atoms with Gasteiger partial charge < -0.3 is 5.11 Å². The molecule has 3 nitrogen and oxygen atoms in total. The Hall–Kier alpha value is -5.58. The molecule has 8 rings (SSSR count). The summed E-state index contributed by atoms with van der Waals surface area (Å²) in [4.78, 5) is 10.6. The second kappa shape index (κ2) is 13.9. The van der Waals surface area contributed by atoms with Crippen LogP contribution in [0.1, 0.15) is 83.6 Å². The first-order chi connectivity index (χ1) is 26.3. The number of benzene rings is 7. The van der Waals surface area contributed by atoms with Crippen molar-refractivity contribution in [3.8, 4) is 38.6 Å². The summed E-state index contributed by atoms with van der Waals surface area (Å²) in [6, 6.07) is 45.5. The standard InChI is InChI=1S/C51H48N2OS/c1-31(2)32-17-19-34(20-18-32)38-24-25-42(41-16-12-11-15-40(38)41)44-28-37(51(6,7)8)29-46-48(44)53-49(55-46)43-23-21-33-13-9-10-14-39(33)47(43)52-30-35-27-36(50(3,4)5)22-26-45(35)54/h9-31,54H,1-8H3. The van der Waals surface area contributed by atoms with E-state index >= 15 is 0 Å². The molecule has 1 N–H and O–H groups in total. The van der Waals surface area contributed by atoms with E-state index in [1.807, 2.05) is 12.1 Å². The lowest BCUT2D eigenvalue weighted by Crippen LogP contribution is -2.11. The number of nitrogens with zero attached hydrogens (tertiary/aromatic N) is 2. The first-order valence-electron chi connectivity index (χ1n) is 19.2. The molecule has 1 heterocycles. The summed E-state index contributed by atoms with van der Waals surface area (Å²) in [7, 11) is 0. The molecule has 0 aliphatic rings. The molecule has 0 atom stereocenters. The van der Waals surface area contributed by atoms with Crippen LogP contribution < -0.4 is 0 Å². The van der Waals surface area contributed by atoms with Crippen molar-refractivity contribution in [2.24, 2.45) is 4.99 Å². The minimum atomic E-state index is -0.0665. The van der Waals surface area contributed by atoms with Gasteiger partial charge in [-0.1, -0.05) is 152 Å². The summed E-state index contributed by atoms with van der Waals surface area (Å²) in [5.74, 6) is 0.703. The van der Waals surface area contributed by atoms with Crippen LogP contribution in [0.5, 0.6) is 5.75 Å². The molecule has 0 saturated heterocycles. The molecule has 0 aliphatic carbocycles. The van der Waals surface area contributed by atoms with Crippen LogP contribution in [0, 0.1) is 0 Å². The Morgan fingerprint density at radius 2 is 1.25 bits per heavy atom. The summed E-state index contributed by atoms with van der Waals surface area (Å²) in [6.07, 6.45) is 1.80. The molecule has 1 aromatic heterocycles. The normalized spacial score (nSPS) is 12.5. The first-order valence-corrected chi connectivity index (χ1v) is 20.0. The van der Waals surface area contributed by atoms with Crippen molar-refractivity contribution in [3.05, 3.63) is 150 Å². The number of aromatic nitrogens is 1. The zero-order valence-corrected chi connectivity index (χ0v) is 33.8. The lowest BCUT2D eigenvalue weighted by Gasteiger charge is -2.21. The third-order valence-electron chi connectivity index (χ3n) is 10.8. The van der Waals surface area contributed by atoms with Gasteiger partial charge in [0.15, 0.2) is 0 Å². The van der Waals surface area contributed by atoms with Crippen LogP contribution in [0.2, 0.25) is 0 Å². The molecular formula is C51H48N2OS. The van der Waals surface area contributed by atoms with Crippen LogP contribution in [-0.2, 0) is 10.8 Å². The van der Waals surface area contributed by atoms with Gasteiger partial charge in [-0.3, -0.25) is 4.99 Å². The van der Waals surface area contributed by atoms with Gasteiger partial charge in [0, 0.05) is 28.3 Å². The zero-order valence-electron chi connectivity index (χ0n) is 33.0. The van der Waals surface area contributed by atoms with E-state index in [0.717, 1.165) is 48.4 Å². The Labute approximate surface area is 329 Å². The first kappa shape index (κ1) is 36.4. The molecule has 0 bridgehead atoms. The van der Waals surface area contributed by atoms with E-state index in [4.69, 9.17) is 9.98 Å². The topological polar surface area (TPSA) is 45.5 Å². The van der Waals surface area contributed by atoms with Gasteiger partial charge in [-0.05, 0) is 96.6 Å². The predicted octanol–water partition coefficient (Wildman–Crippen LogP) is 14.8. The molecule has 7 aromatic carbocycles. The van der Waals surface area contributed by atoms with E-state index in [0.29, 0.717) is 11.5 Å². The fraction of sp³-hybridized carbons (Fsp3) is 0.216. The van der Waals surface area contributed by atoms with Crippen LogP contribution >= 0.6 is 11.3 Å². The number of rotatable bonds is 6. The van der Waals surface area contributed by atoms with Crippen molar-refractivity contribution in [1.29, 1.82) is 0 Å². The molecule has 0 fully saturated rings. The Kier molecular flexibility index (Phi) is 9.22. The molecule has 0 amide bonds. The number of aromatic hydroxyl groups is 1. The maximum atomic E-state index is 10.9. The largest absolute Gasteiger partial charge is 0.507 e. The highest BCUT2D eigenvalue weighted by molar-refractivity contribution is 7.21. The Balaban J connectivity index is 1.32. The van der Waals surface area contributed by atoms with Crippen molar-refractivity contribution in [1.82, 2.24) is 4.98 Å². The molecule has 0 spiro atoms. The van der Waals surface area contributed by atoms with Gasteiger partial charge in [-0.25, -0.2) is 4.98 Å². The number of fused-ring (bicyclic) bond motifs is 3. The van der Waals surface area contributed by atoms with E-state index in [1.54, 1.807) is 23.6 Å². The summed E-state index contributed by atoms with van der Waals surface area (Å²) in [5, 5.41) is 16.4. The number of phenols is 1. The van der Waals surface area contributed by atoms with Gasteiger partial charge in [-0.15, -0.1) is 11.3 Å². The van der Waals surface area contributed by atoms with Crippen LogP contribution in [0.3, 0.4) is 0 Å². The van der Waals surface area contributed by atoms with E-state index in [1.165, 1.54) is 38.6 Å². The molecule has 274 valence electrons. The minimum absolute atomic E-state index is 0.0593. The fourth-order valence-corrected chi connectivity index (χ4v) is 8.50. The summed E-state index contributed by atoms with van der Waals surface area (Å²) >= 11 is 1.72. The van der Waals surface area contributed by atoms with Crippen LogP contribution in [-0.4, -0.2) is 16.3 Å². The molecule has 4 heteroatoms. The Bertz CT molecular complexity index is 2760. The predicted molar refractivity (Wildman–Crippen MR) is 238 cm³/mol. The lowest BCUT2D eigenvalue weighted by molar-refractivity contribution is 0.473. The summed E-state index contributed by atoms with van der Waals surface area (Å²) in [6.45, 7) is 17.9. The number of hydrogen-bond donors (Lipinski definition) is 1. The van der Waals surface area contributed by atoms with E-state index in [-0.39, 0.29) is 16.6 Å². The van der Waals surface area contributed by atoms with Gasteiger partial charge in [0.2, 0.25) is 0 Å². The third kappa shape index (κ3) is 6.96. The van der Waals surface area contributed by atoms with E-state index in [2.05, 4.69) is 165 Å². The van der Waals surface area contributed by atoms with Gasteiger partial charge in [0.05, 0.1) is 15.9 Å². The number of thiazole rings is 1. The van der Waals surface area contributed by atoms with Crippen molar-refractivity contribution < 1.29 is 5.11 Å². The van der Waals surface area contributed by atoms with E-state index in [9.17, 15) is 5.11 Å². The van der Waals surface area contributed by atoms with Crippen LogP contribution in [0.15, 0.2) is 132 Å². The molecule has 0 aliphatic heterocycles. The molecule has 55 heavy (non-hydrogen) atoms. The van der Waals surface area contributed by atoms with Gasteiger partial charge >= 0.3 is 0 Å². The summed E-state index contributed by atoms with van der Waals surface area (Å²) < 4.78 is 1.15. The number of phenolic OH excluding ortho intramolecular Hbond substituents is 1. The minimum Gasteiger partial charge on any atom is -0.507 e. The molecule has 0 radical (unpaired) electrons. The van der Waals surface area contributed by atoms with Crippen LogP contribution in [0.4, 0.5) is 5.69 Å². The van der Waals surface area contributed by atoms with E-state index < -0.39 is 0 Å². The second-order valence-electron chi connectivity index (χ2n) is 17.1. The molecular weight excluding hydrogens is 689 g/mol. The SMILES string of the molecule is CC(C)c1ccc(-c2ccc(-c3cc(C(C)(C)C)cc4sc(-c5ccc6ccccc6c5N=Cc5cc(C(C)(C)C)ccc5O)nc34)c3ccccc23)cc1. The maximum absolute atomic E-state index is 10.9. The highest BCUT2D eigenvalue weighted by atomic mass is 32.1. The van der Waals surface area contributed by atoms with Gasteiger partial charge in [-0.2, -0.15) is 0 Å². The van der Waals surface area contributed by atoms with Crippen molar-refractivity contribution in [3.63, 3.8) is 0 Å². The second-order valence-corrected chi connectivity index (χ2v) is 18.1. The quantitative estimate of drug-likeness (QED) is 0.173. The molecule has 0 saturated carbocycles. The monoisotopic (exact) mass is 736 g/mol. The highest BCUT2D eigenvalue weighted by Gasteiger charge is 2.23. The molecule has 0 unspecified atom stereocenters. The van der Waals surface area contributed by atoms with Gasteiger partial charge in [0.1, 0.15) is 10.8 Å². The number of aliphatic imine (C=N–C) groups is 1. The van der Waals surface area contributed by atoms with Gasteiger partial charge in [0.25, 0.3) is 0 Å². The third-order valence-corrected chi connectivity index (χ3v) is 11.9.